The molecule has 0 aliphatic carbocycles. The summed E-state index contributed by atoms with van der Waals surface area (Å²) < 4.78 is 8.75. The normalized spacial score (nSPS) is 10.6. The molecular formula is C13H17N3O2. The highest BCUT2D eigenvalue weighted by Crippen LogP contribution is 2.02. The maximum atomic E-state index is 11.9. The van der Waals surface area contributed by atoms with Crippen LogP contribution < -0.4 is 10.3 Å². The second-order valence-electron chi connectivity index (χ2n) is 4.10. The summed E-state index contributed by atoms with van der Waals surface area (Å²) in [6.45, 7) is 3.50. The van der Waals surface area contributed by atoms with E-state index in [4.69, 9.17) is 4.74 Å². The highest BCUT2D eigenvalue weighted by molar-refractivity contribution is 5.16. The number of aryl methyl sites for hydroxylation is 3. The summed E-state index contributed by atoms with van der Waals surface area (Å²) in [4.78, 5) is 16.0. The topological polar surface area (TPSA) is 49.0 Å². The van der Waals surface area contributed by atoms with Gasteiger partial charge < -0.3 is 13.9 Å². The Kier molecular flexibility index (Phi) is 3.82. The number of hydrogen-bond acceptors (Lipinski definition) is 3. The lowest BCUT2D eigenvalue weighted by atomic mass is 10.3. The van der Waals surface area contributed by atoms with Gasteiger partial charge in [0.25, 0.3) is 5.56 Å². The molecule has 2 aromatic heterocycles. The number of hydrogen-bond donors (Lipinski definition) is 0. The average molecular weight is 247 g/mol. The molecule has 0 saturated heterocycles. The van der Waals surface area contributed by atoms with Gasteiger partial charge in [0.05, 0.1) is 7.11 Å². The van der Waals surface area contributed by atoms with Gasteiger partial charge in [-0.1, -0.05) is 0 Å². The van der Waals surface area contributed by atoms with Crippen molar-refractivity contribution in [1.29, 1.82) is 0 Å². The molecule has 0 atom stereocenters. The van der Waals surface area contributed by atoms with Crippen molar-refractivity contribution in [2.75, 3.05) is 7.11 Å². The number of pyridine rings is 1. The van der Waals surface area contributed by atoms with Crippen LogP contribution in [0.1, 0.15) is 12.2 Å². The average Bonchev–Trinajstić information content (AvgIpc) is 2.77. The fourth-order valence-corrected chi connectivity index (χ4v) is 1.90. The van der Waals surface area contributed by atoms with Gasteiger partial charge in [-0.25, -0.2) is 4.98 Å². The molecule has 0 N–H and O–H groups in total. The molecule has 0 bridgehead atoms. The summed E-state index contributed by atoms with van der Waals surface area (Å²) in [5.74, 6) is 1.38. The lowest BCUT2D eigenvalue weighted by molar-refractivity contribution is 0.400. The van der Waals surface area contributed by atoms with Gasteiger partial charge >= 0.3 is 0 Å². The van der Waals surface area contributed by atoms with E-state index in [9.17, 15) is 4.79 Å². The minimum absolute atomic E-state index is 0.0812. The van der Waals surface area contributed by atoms with Crippen molar-refractivity contribution in [3.63, 3.8) is 0 Å². The predicted octanol–water partition coefficient (Wildman–Crippen LogP) is 1.45. The number of methoxy groups -OCH3 is 1. The minimum Gasteiger partial charge on any atom is -0.491 e. The fraction of sp³-hybridized carbons (Fsp3) is 0.385. The Morgan fingerprint density at radius 1 is 1.28 bits per heavy atom. The molecule has 18 heavy (non-hydrogen) atoms. The van der Waals surface area contributed by atoms with E-state index < -0.39 is 0 Å². The van der Waals surface area contributed by atoms with E-state index in [2.05, 4.69) is 9.55 Å². The van der Waals surface area contributed by atoms with E-state index >= 15 is 0 Å². The van der Waals surface area contributed by atoms with E-state index in [0.717, 1.165) is 18.8 Å². The maximum Gasteiger partial charge on any atom is 0.292 e. The van der Waals surface area contributed by atoms with Crippen LogP contribution in [0.3, 0.4) is 0 Å². The van der Waals surface area contributed by atoms with Crippen LogP contribution in [0.25, 0.3) is 0 Å². The summed E-state index contributed by atoms with van der Waals surface area (Å²) >= 11 is 0. The van der Waals surface area contributed by atoms with Gasteiger partial charge in [0.2, 0.25) is 0 Å². The van der Waals surface area contributed by atoms with Crippen molar-refractivity contribution in [1.82, 2.24) is 14.1 Å². The van der Waals surface area contributed by atoms with Crippen molar-refractivity contribution in [2.24, 2.45) is 0 Å². The quantitative estimate of drug-likeness (QED) is 0.803. The molecule has 96 valence electrons. The molecule has 0 aliphatic rings. The summed E-state index contributed by atoms with van der Waals surface area (Å²) in [6.07, 6.45) is 6.40. The Bertz CT molecular complexity index is 572. The van der Waals surface area contributed by atoms with E-state index in [0.29, 0.717) is 12.3 Å². The highest BCUT2D eigenvalue weighted by atomic mass is 16.5. The van der Waals surface area contributed by atoms with Crippen molar-refractivity contribution in [3.05, 3.63) is 46.9 Å². The lowest BCUT2D eigenvalue weighted by Crippen LogP contribution is -2.21. The third kappa shape index (κ3) is 2.61. The Morgan fingerprint density at radius 2 is 2.06 bits per heavy atom. The SMILES string of the molecule is COc1cccn(CCCn2ccnc2C)c1=O. The molecule has 0 spiro atoms. The summed E-state index contributed by atoms with van der Waals surface area (Å²) in [5, 5.41) is 0. The molecule has 0 fully saturated rings. The second-order valence-corrected chi connectivity index (χ2v) is 4.10. The van der Waals surface area contributed by atoms with E-state index in [1.807, 2.05) is 19.2 Å². The Balaban J connectivity index is 1.99. The minimum atomic E-state index is -0.0812. The molecule has 5 heteroatoms. The maximum absolute atomic E-state index is 11.9. The summed E-state index contributed by atoms with van der Waals surface area (Å²) in [5.41, 5.74) is -0.0812. The van der Waals surface area contributed by atoms with E-state index in [1.165, 1.54) is 7.11 Å². The van der Waals surface area contributed by atoms with Crippen LogP contribution >= 0.6 is 0 Å². The third-order valence-corrected chi connectivity index (χ3v) is 2.93. The first-order valence-corrected chi connectivity index (χ1v) is 5.93. The van der Waals surface area contributed by atoms with Crippen molar-refractivity contribution in [2.45, 2.75) is 26.4 Å². The number of aromatic nitrogens is 3. The molecule has 0 unspecified atom stereocenters. The van der Waals surface area contributed by atoms with Crippen LogP contribution in [0.2, 0.25) is 0 Å². The zero-order valence-electron chi connectivity index (χ0n) is 10.7. The van der Waals surface area contributed by atoms with Crippen LogP contribution in [0.15, 0.2) is 35.5 Å². The molecule has 0 amide bonds. The number of ether oxygens (including phenoxy) is 1. The molecule has 0 radical (unpaired) electrons. The monoisotopic (exact) mass is 247 g/mol. The van der Waals surface area contributed by atoms with Crippen molar-refractivity contribution in [3.8, 4) is 5.75 Å². The molecule has 0 saturated carbocycles. The first kappa shape index (κ1) is 12.4. The van der Waals surface area contributed by atoms with Gasteiger partial charge in [0.15, 0.2) is 5.75 Å². The highest BCUT2D eigenvalue weighted by Gasteiger charge is 2.02. The molecule has 0 aromatic carbocycles. The van der Waals surface area contributed by atoms with Gasteiger partial charge in [-0.05, 0) is 25.5 Å². The summed E-state index contributed by atoms with van der Waals surface area (Å²) in [6, 6.07) is 3.50. The molecule has 5 nitrogen and oxygen atoms in total. The largest absolute Gasteiger partial charge is 0.491 e. The lowest BCUT2D eigenvalue weighted by Gasteiger charge is -2.08. The molecule has 2 aromatic rings. The Labute approximate surface area is 106 Å². The van der Waals surface area contributed by atoms with Crippen LogP contribution in [0.4, 0.5) is 0 Å². The van der Waals surface area contributed by atoms with Gasteiger partial charge in [-0.3, -0.25) is 4.79 Å². The third-order valence-electron chi connectivity index (χ3n) is 2.93. The standard InChI is InChI=1S/C13H17N3O2/c1-11-14-6-10-15(11)8-4-9-16-7-3-5-12(18-2)13(16)17/h3,5-7,10H,4,8-9H2,1-2H3. The number of nitrogens with zero attached hydrogens (tertiary/aromatic N) is 3. The second kappa shape index (κ2) is 5.53. The smallest absolute Gasteiger partial charge is 0.292 e. The molecule has 0 aliphatic heterocycles. The first-order chi connectivity index (χ1) is 8.72. The number of rotatable bonds is 5. The van der Waals surface area contributed by atoms with E-state index in [1.54, 1.807) is 23.0 Å². The van der Waals surface area contributed by atoms with Crippen molar-refractivity contribution >= 4 is 0 Å². The zero-order chi connectivity index (χ0) is 13.0. The molecule has 2 heterocycles. The van der Waals surface area contributed by atoms with Crippen LogP contribution in [-0.4, -0.2) is 21.2 Å². The van der Waals surface area contributed by atoms with E-state index in [-0.39, 0.29) is 5.56 Å². The van der Waals surface area contributed by atoms with Gasteiger partial charge in [0, 0.05) is 31.7 Å². The Hall–Kier alpha value is -2.04. The van der Waals surface area contributed by atoms with Gasteiger partial charge in [0.1, 0.15) is 5.82 Å². The summed E-state index contributed by atoms with van der Waals surface area (Å²) in [7, 11) is 1.51. The van der Waals surface area contributed by atoms with Crippen molar-refractivity contribution < 1.29 is 4.74 Å². The van der Waals surface area contributed by atoms with Gasteiger partial charge in [-0.15, -0.1) is 0 Å². The van der Waals surface area contributed by atoms with Crippen LogP contribution in [0, 0.1) is 6.92 Å². The van der Waals surface area contributed by atoms with Gasteiger partial charge in [-0.2, -0.15) is 0 Å². The Morgan fingerprint density at radius 3 is 2.72 bits per heavy atom. The van der Waals surface area contributed by atoms with Crippen LogP contribution in [0.5, 0.6) is 5.75 Å². The zero-order valence-corrected chi connectivity index (χ0v) is 10.7. The molecular weight excluding hydrogens is 230 g/mol. The fourth-order valence-electron chi connectivity index (χ4n) is 1.90. The predicted molar refractivity (Wildman–Crippen MR) is 68.8 cm³/mol. The first-order valence-electron chi connectivity index (χ1n) is 5.93. The molecule has 2 rings (SSSR count). The van der Waals surface area contributed by atoms with Crippen LogP contribution in [-0.2, 0) is 13.1 Å². The number of imidazole rings is 1.